The second kappa shape index (κ2) is 3.10. The second-order valence-corrected chi connectivity index (χ2v) is 3.29. The second-order valence-electron chi connectivity index (χ2n) is 3.29. The Hall–Kier alpha value is -0.910. The summed E-state index contributed by atoms with van der Waals surface area (Å²) >= 11 is 0. The number of oxazole rings is 1. The van der Waals surface area contributed by atoms with Crippen molar-refractivity contribution in [3.05, 3.63) is 18.4 Å². The van der Waals surface area contributed by atoms with Crippen LogP contribution in [-0.4, -0.2) is 28.9 Å². The molecule has 0 aliphatic carbocycles. The summed E-state index contributed by atoms with van der Waals surface area (Å²) in [4.78, 5) is 3.75. The van der Waals surface area contributed by atoms with E-state index in [1.54, 1.807) is 0 Å². The molecule has 2 unspecified atom stereocenters. The number of aromatic nitrogens is 1. The van der Waals surface area contributed by atoms with E-state index < -0.39 is 11.6 Å². The molecule has 0 radical (unpaired) electrons. The summed E-state index contributed by atoms with van der Waals surface area (Å²) in [7, 11) is 0. The van der Waals surface area contributed by atoms with E-state index in [-0.39, 0.29) is 6.61 Å². The molecule has 0 bridgehead atoms. The largest absolute Gasteiger partial charge is 0.447 e. The first-order chi connectivity index (χ1) is 6.22. The average molecular weight is 184 g/mol. The summed E-state index contributed by atoms with van der Waals surface area (Å²) in [6.45, 7) is 0.799. The van der Waals surface area contributed by atoms with Gasteiger partial charge in [0, 0.05) is 13.0 Å². The molecule has 1 aliphatic rings. The Kier molecular flexibility index (Phi) is 2.07. The Morgan fingerprint density at radius 2 is 2.54 bits per heavy atom. The third-order valence-corrected chi connectivity index (χ3v) is 2.37. The molecule has 0 amide bonds. The maximum Gasteiger partial charge on any atom is 0.180 e. The maximum absolute atomic E-state index is 9.99. The SMILES string of the molecule is NC(c1cnco1)C1(O)CCOC1. The fraction of sp³-hybridized carbons (Fsp3) is 0.625. The van der Waals surface area contributed by atoms with E-state index >= 15 is 0 Å². The van der Waals surface area contributed by atoms with E-state index in [0.717, 1.165) is 0 Å². The van der Waals surface area contributed by atoms with Gasteiger partial charge in [0.1, 0.15) is 11.4 Å². The van der Waals surface area contributed by atoms with Crippen molar-refractivity contribution in [1.82, 2.24) is 4.98 Å². The minimum absolute atomic E-state index is 0.259. The molecule has 5 heteroatoms. The van der Waals surface area contributed by atoms with Gasteiger partial charge >= 0.3 is 0 Å². The fourth-order valence-electron chi connectivity index (χ4n) is 1.46. The van der Waals surface area contributed by atoms with Crippen LogP contribution in [0, 0.1) is 0 Å². The van der Waals surface area contributed by atoms with E-state index in [1.807, 2.05) is 0 Å². The van der Waals surface area contributed by atoms with Gasteiger partial charge < -0.3 is 20.0 Å². The lowest BCUT2D eigenvalue weighted by atomic mass is 9.93. The van der Waals surface area contributed by atoms with Crippen LogP contribution in [0.25, 0.3) is 0 Å². The zero-order valence-corrected chi connectivity index (χ0v) is 7.14. The molecule has 1 aromatic rings. The van der Waals surface area contributed by atoms with Crippen LogP contribution in [0.4, 0.5) is 0 Å². The standard InChI is InChI=1S/C8H12N2O3/c9-7(6-3-10-5-13-6)8(11)1-2-12-4-8/h3,5,7,11H,1-2,4,9H2. The van der Waals surface area contributed by atoms with Gasteiger partial charge in [-0.15, -0.1) is 0 Å². The van der Waals surface area contributed by atoms with Gasteiger partial charge in [-0.05, 0) is 0 Å². The van der Waals surface area contributed by atoms with Gasteiger partial charge in [0.2, 0.25) is 0 Å². The van der Waals surface area contributed by atoms with E-state index in [0.29, 0.717) is 18.8 Å². The number of hydrogen-bond acceptors (Lipinski definition) is 5. The van der Waals surface area contributed by atoms with Crippen molar-refractivity contribution in [2.75, 3.05) is 13.2 Å². The molecule has 72 valence electrons. The van der Waals surface area contributed by atoms with Crippen molar-refractivity contribution >= 4 is 0 Å². The third kappa shape index (κ3) is 1.46. The number of aliphatic hydroxyl groups is 1. The Labute approximate surface area is 75.5 Å². The zero-order valence-electron chi connectivity index (χ0n) is 7.14. The number of ether oxygens (including phenoxy) is 1. The Bertz CT molecular complexity index is 267. The Morgan fingerprint density at radius 1 is 1.69 bits per heavy atom. The van der Waals surface area contributed by atoms with E-state index in [2.05, 4.69) is 4.98 Å². The highest BCUT2D eigenvalue weighted by molar-refractivity contribution is 5.06. The van der Waals surface area contributed by atoms with Gasteiger partial charge in [-0.3, -0.25) is 0 Å². The smallest absolute Gasteiger partial charge is 0.180 e. The van der Waals surface area contributed by atoms with Gasteiger partial charge in [0.25, 0.3) is 0 Å². The van der Waals surface area contributed by atoms with Gasteiger partial charge in [0.15, 0.2) is 6.39 Å². The fourth-order valence-corrected chi connectivity index (χ4v) is 1.46. The van der Waals surface area contributed by atoms with Crippen LogP contribution in [0.5, 0.6) is 0 Å². The number of nitrogens with two attached hydrogens (primary N) is 1. The number of rotatable bonds is 2. The van der Waals surface area contributed by atoms with Crippen LogP contribution in [0.15, 0.2) is 17.0 Å². The molecule has 1 saturated heterocycles. The molecular formula is C8H12N2O3. The molecule has 0 aromatic carbocycles. The summed E-state index contributed by atoms with van der Waals surface area (Å²) in [5.74, 6) is 0.494. The predicted octanol–water partition coefficient (Wildman–Crippen LogP) is -0.174. The molecule has 2 atom stereocenters. The minimum atomic E-state index is -1.00. The average Bonchev–Trinajstić information content (AvgIpc) is 2.73. The summed E-state index contributed by atoms with van der Waals surface area (Å²) < 4.78 is 10.1. The number of hydrogen-bond donors (Lipinski definition) is 2. The molecule has 2 heterocycles. The van der Waals surface area contributed by atoms with E-state index in [9.17, 15) is 5.11 Å². The molecule has 1 fully saturated rings. The summed E-state index contributed by atoms with van der Waals surface area (Å²) in [5.41, 5.74) is 4.81. The maximum atomic E-state index is 9.99. The lowest BCUT2D eigenvalue weighted by Gasteiger charge is -2.25. The number of nitrogens with zero attached hydrogens (tertiary/aromatic N) is 1. The Morgan fingerprint density at radius 3 is 3.08 bits per heavy atom. The highest BCUT2D eigenvalue weighted by Crippen LogP contribution is 2.30. The van der Waals surface area contributed by atoms with Crippen LogP contribution in [-0.2, 0) is 4.74 Å². The normalized spacial score (nSPS) is 30.6. The molecule has 13 heavy (non-hydrogen) atoms. The lowest BCUT2D eigenvalue weighted by Crippen LogP contribution is -2.41. The molecule has 0 spiro atoms. The van der Waals surface area contributed by atoms with Gasteiger partial charge in [-0.2, -0.15) is 0 Å². The summed E-state index contributed by atoms with van der Waals surface area (Å²) in [6.07, 6.45) is 3.35. The van der Waals surface area contributed by atoms with Crippen LogP contribution in [0.2, 0.25) is 0 Å². The van der Waals surface area contributed by atoms with E-state index in [4.69, 9.17) is 14.9 Å². The molecule has 0 saturated carbocycles. The first kappa shape index (κ1) is 8.68. The van der Waals surface area contributed by atoms with Crippen molar-refractivity contribution in [2.45, 2.75) is 18.1 Å². The lowest BCUT2D eigenvalue weighted by molar-refractivity contribution is -0.00196. The van der Waals surface area contributed by atoms with Crippen molar-refractivity contribution < 1.29 is 14.3 Å². The van der Waals surface area contributed by atoms with Crippen molar-refractivity contribution in [2.24, 2.45) is 5.73 Å². The van der Waals surface area contributed by atoms with Gasteiger partial charge in [0.05, 0.1) is 18.8 Å². The summed E-state index contributed by atoms with van der Waals surface area (Å²) in [6, 6.07) is -0.558. The zero-order chi connectivity index (χ0) is 9.31. The molecule has 3 N–H and O–H groups in total. The third-order valence-electron chi connectivity index (χ3n) is 2.37. The van der Waals surface area contributed by atoms with Gasteiger partial charge in [-0.1, -0.05) is 0 Å². The molecular weight excluding hydrogens is 172 g/mol. The Balaban J connectivity index is 2.16. The first-order valence-corrected chi connectivity index (χ1v) is 4.16. The first-order valence-electron chi connectivity index (χ1n) is 4.16. The van der Waals surface area contributed by atoms with Crippen molar-refractivity contribution in [3.8, 4) is 0 Å². The molecule has 2 rings (SSSR count). The van der Waals surface area contributed by atoms with Crippen LogP contribution in [0.1, 0.15) is 18.2 Å². The monoisotopic (exact) mass is 184 g/mol. The van der Waals surface area contributed by atoms with Crippen molar-refractivity contribution in [3.63, 3.8) is 0 Å². The van der Waals surface area contributed by atoms with Crippen LogP contribution >= 0.6 is 0 Å². The van der Waals surface area contributed by atoms with Gasteiger partial charge in [-0.25, -0.2) is 4.98 Å². The molecule has 5 nitrogen and oxygen atoms in total. The minimum Gasteiger partial charge on any atom is -0.447 e. The molecule has 1 aliphatic heterocycles. The molecule has 1 aromatic heterocycles. The van der Waals surface area contributed by atoms with Crippen LogP contribution < -0.4 is 5.73 Å². The van der Waals surface area contributed by atoms with Crippen LogP contribution in [0.3, 0.4) is 0 Å². The highest BCUT2D eigenvalue weighted by Gasteiger charge is 2.40. The van der Waals surface area contributed by atoms with Crippen molar-refractivity contribution in [1.29, 1.82) is 0 Å². The van der Waals surface area contributed by atoms with E-state index in [1.165, 1.54) is 12.6 Å². The topological polar surface area (TPSA) is 81.5 Å². The predicted molar refractivity (Wildman–Crippen MR) is 43.8 cm³/mol. The highest BCUT2D eigenvalue weighted by atomic mass is 16.5. The quantitative estimate of drug-likeness (QED) is 0.666. The summed E-state index contributed by atoms with van der Waals surface area (Å²) in [5, 5.41) is 9.99.